The van der Waals surface area contributed by atoms with Crippen LogP contribution in [0.3, 0.4) is 0 Å². The molecule has 0 aliphatic rings. The summed E-state index contributed by atoms with van der Waals surface area (Å²) < 4.78 is 29.2. The van der Waals surface area contributed by atoms with Crippen LogP contribution in [0.15, 0.2) is 0 Å². The molecule has 0 heterocycles. The molecule has 0 radical (unpaired) electrons. The highest BCUT2D eigenvalue weighted by Crippen LogP contribution is 2.20. The van der Waals surface area contributed by atoms with E-state index in [1.807, 2.05) is 4.72 Å². The van der Waals surface area contributed by atoms with Gasteiger partial charge in [0.15, 0.2) is 5.75 Å². The second-order valence-electron chi connectivity index (χ2n) is 4.59. The van der Waals surface area contributed by atoms with E-state index >= 15 is 0 Å². The molecule has 0 saturated carbocycles. The number of carboxylic acid groups (broad SMARTS) is 1. The Labute approximate surface area is 100 Å². The molecule has 0 saturated heterocycles. The van der Waals surface area contributed by atoms with E-state index in [9.17, 15) is 18.0 Å². The van der Waals surface area contributed by atoms with E-state index in [0.717, 1.165) is 7.11 Å². The first-order valence-corrected chi connectivity index (χ1v) is 6.44. The molecule has 0 fully saturated rings. The molecule has 7 nitrogen and oxygen atoms in total. The third kappa shape index (κ3) is 5.64. The quantitative estimate of drug-likeness (QED) is 0.654. The molecular formula is C9H17NO6S. The Kier molecular flexibility index (Phi) is 5.09. The van der Waals surface area contributed by atoms with Gasteiger partial charge in [-0.05, 0) is 5.41 Å². The average molecular weight is 267 g/mol. The average Bonchev–Trinajstić information content (AvgIpc) is 2.11. The van der Waals surface area contributed by atoms with Gasteiger partial charge in [-0.2, -0.15) is 4.72 Å². The standard InChI is InChI=1S/C9H17NO6S/c1-9(2,3)7(8(12)13)10-17(14,15)5-6(11)16-4/h7,10H,5H2,1-4H3,(H,12,13). The lowest BCUT2D eigenvalue weighted by Crippen LogP contribution is -2.50. The van der Waals surface area contributed by atoms with Gasteiger partial charge in [0.2, 0.25) is 10.0 Å². The summed E-state index contributed by atoms with van der Waals surface area (Å²) in [6.07, 6.45) is 0. The van der Waals surface area contributed by atoms with Gasteiger partial charge < -0.3 is 9.84 Å². The monoisotopic (exact) mass is 267 g/mol. The minimum Gasteiger partial charge on any atom is -0.480 e. The Morgan fingerprint density at radius 3 is 2.12 bits per heavy atom. The van der Waals surface area contributed by atoms with E-state index in [1.54, 1.807) is 20.8 Å². The van der Waals surface area contributed by atoms with E-state index in [2.05, 4.69) is 4.74 Å². The Balaban J connectivity index is 4.90. The number of hydrogen-bond donors (Lipinski definition) is 2. The molecule has 0 aliphatic carbocycles. The number of sulfonamides is 1. The molecule has 0 spiro atoms. The van der Waals surface area contributed by atoms with Crippen LogP contribution >= 0.6 is 0 Å². The van der Waals surface area contributed by atoms with Crippen molar-refractivity contribution in [2.45, 2.75) is 26.8 Å². The largest absolute Gasteiger partial charge is 0.480 e. The van der Waals surface area contributed by atoms with Crippen molar-refractivity contribution in [3.05, 3.63) is 0 Å². The number of methoxy groups -OCH3 is 1. The van der Waals surface area contributed by atoms with Crippen molar-refractivity contribution in [1.82, 2.24) is 4.72 Å². The first kappa shape index (κ1) is 15.9. The predicted molar refractivity (Wildman–Crippen MR) is 59.8 cm³/mol. The summed E-state index contributed by atoms with van der Waals surface area (Å²) in [5.74, 6) is -3.15. The van der Waals surface area contributed by atoms with Crippen LogP contribution in [0.25, 0.3) is 0 Å². The van der Waals surface area contributed by atoms with E-state index in [0.29, 0.717) is 0 Å². The Morgan fingerprint density at radius 2 is 1.82 bits per heavy atom. The van der Waals surface area contributed by atoms with Crippen molar-refractivity contribution in [2.24, 2.45) is 5.41 Å². The van der Waals surface area contributed by atoms with Gasteiger partial charge in [-0.25, -0.2) is 8.42 Å². The summed E-state index contributed by atoms with van der Waals surface area (Å²) in [7, 11) is -2.97. The predicted octanol–water partition coefficient (Wildman–Crippen LogP) is -0.422. The van der Waals surface area contributed by atoms with Crippen molar-refractivity contribution in [3.63, 3.8) is 0 Å². The van der Waals surface area contributed by atoms with Gasteiger partial charge in [-0.15, -0.1) is 0 Å². The van der Waals surface area contributed by atoms with Crippen molar-refractivity contribution in [1.29, 1.82) is 0 Å². The number of carbonyl (C=O) groups excluding carboxylic acids is 1. The van der Waals surface area contributed by atoms with Crippen LogP contribution in [0.2, 0.25) is 0 Å². The summed E-state index contributed by atoms with van der Waals surface area (Å²) in [6, 6.07) is -1.31. The van der Waals surface area contributed by atoms with E-state index < -0.39 is 39.2 Å². The van der Waals surface area contributed by atoms with Crippen LogP contribution < -0.4 is 4.72 Å². The molecule has 0 amide bonds. The smallest absolute Gasteiger partial charge is 0.322 e. The number of carbonyl (C=O) groups is 2. The molecule has 2 N–H and O–H groups in total. The number of esters is 1. The molecule has 0 aromatic heterocycles. The lowest BCUT2D eigenvalue weighted by atomic mass is 9.88. The van der Waals surface area contributed by atoms with Crippen molar-refractivity contribution < 1.29 is 27.9 Å². The van der Waals surface area contributed by atoms with E-state index in [4.69, 9.17) is 5.11 Å². The van der Waals surface area contributed by atoms with Gasteiger partial charge in [-0.1, -0.05) is 20.8 Å². The zero-order valence-electron chi connectivity index (χ0n) is 10.2. The van der Waals surface area contributed by atoms with Crippen LogP contribution in [-0.4, -0.2) is 44.4 Å². The maximum absolute atomic E-state index is 11.5. The number of hydrogen-bond acceptors (Lipinski definition) is 5. The fourth-order valence-corrected chi connectivity index (χ4v) is 2.36. The zero-order chi connectivity index (χ0) is 13.9. The molecule has 0 aromatic rings. The maximum Gasteiger partial charge on any atom is 0.322 e. The molecule has 0 bridgehead atoms. The molecule has 8 heteroatoms. The van der Waals surface area contributed by atoms with E-state index in [-0.39, 0.29) is 0 Å². The lowest BCUT2D eigenvalue weighted by Gasteiger charge is -2.27. The number of nitrogens with one attached hydrogen (secondary N) is 1. The molecular weight excluding hydrogens is 250 g/mol. The lowest BCUT2D eigenvalue weighted by molar-refractivity contribution is -0.142. The molecule has 1 atom stereocenters. The van der Waals surface area contributed by atoms with Gasteiger partial charge in [-0.3, -0.25) is 9.59 Å². The highest BCUT2D eigenvalue weighted by atomic mass is 32.2. The highest BCUT2D eigenvalue weighted by molar-refractivity contribution is 7.90. The van der Waals surface area contributed by atoms with Gasteiger partial charge in [0.25, 0.3) is 0 Å². The summed E-state index contributed by atoms with van der Waals surface area (Å²) >= 11 is 0. The van der Waals surface area contributed by atoms with Gasteiger partial charge in [0, 0.05) is 0 Å². The topological polar surface area (TPSA) is 110 Å². The van der Waals surface area contributed by atoms with E-state index in [1.165, 1.54) is 0 Å². The number of aliphatic carboxylic acids is 1. The SMILES string of the molecule is COC(=O)CS(=O)(=O)NC(C(=O)O)C(C)(C)C. The first-order chi connectivity index (χ1) is 7.49. The molecule has 17 heavy (non-hydrogen) atoms. The second kappa shape index (κ2) is 5.46. The third-order valence-electron chi connectivity index (χ3n) is 1.95. The van der Waals surface area contributed by atoms with Crippen molar-refractivity contribution >= 4 is 22.0 Å². The highest BCUT2D eigenvalue weighted by Gasteiger charge is 2.35. The second-order valence-corrected chi connectivity index (χ2v) is 6.34. The summed E-state index contributed by atoms with van der Waals surface area (Å²) in [5.41, 5.74) is -0.810. The van der Waals surface area contributed by atoms with Crippen LogP contribution in [0, 0.1) is 5.41 Å². The summed E-state index contributed by atoms with van der Waals surface area (Å²) in [6.45, 7) is 4.73. The molecule has 0 aliphatic heterocycles. The van der Waals surface area contributed by atoms with Gasteiger partial charge in [0.05, 0.1) is 7.11 Å². The van der Waals surface area contributed by atoms with Crippen molar-refractivity contribution in [3.8, 4) is 0 Å². The number of carboxylic acids is 1. The first-order valence-electron chi connectivity index (χ1n) is 4.79. The normalized spacial score (nSPS) is 14.1. The molecule has 100 valence electrons. The zero-order valence-corrected chi connectivity index (χ0v) is 11.0. The minimum absolute atomic E-state index is 0.810. The van der Waals surface area contributed by atoms with Crippen LogP contribution in [-0.2, 0) is 24.3 Å². The fourth-order valence-electron chi connectivity index (χ4n) is 1.03. The number of rotatable bonds is 5. The number of ether oxygens (including phenoxy) is 1. The molecule has 1 unspecified atom stereocenters. The minimum atomic E-state index is -4.03. The Hall–Kier alpha value is -1.15. The fraction of sp³-hybridized carbons (Fsp3) is 0.778. The Bertz CT molecular complexity index is 394. The third-order valence-corrected chi connectivity index (χ3v) is 3.16. The molecule has 0 rings (SSSR count). The molecule has 0 aromatic carbocycles. The van der Waals surface area contributed by atoms with Crippen LogP contribution in [0.1, 0.15) is 20.8 Å². The Morgan fingerprint density at radius 1 is 1.35 bits per heavy atom. The van der Waals surface area contributed by atoms with Gasteiger partial charge >= 0.3 is 11.9 Å². The summed E-state index contributed by atoms with van der Waals surface area (Å²) in [5, 5.41) is 8.92. The maximum atomic E-state index is 11.5. The summed E-state index contributed by atoms with van der Waals surface area (Å²) in [4.78, 5) is 21.8. The van der Waals surface area contributed by atoms with Crippen molar-refractivity contribution in [2.75, 3.05) is 12.9 Å². The van der Waals surface area contributed by atoms with Crippen LogP contribution in [0.4, 0.5) is 0 Å². The van der Waals surface area contributed by atoms with Gasteiger partial charge in [0.1, 0.15) is 6.04 Å². The van der Waals surface area contributed by atoms with Crippen LogP contribution in [0.5, 0.6) is 0 Å².